The Morgan fingerprint density at radius 2 is 0.929 bits per heavy atom. The molecule has 0 aliphatic carbocycles. The molecule has 0 aliphatic rings. The van der Waals surface area contributed by atoms with Gasteiger partial charge in [-0.3, -0.25) is 0 Å². The predicted molar refractivity (Wildman–Crippen MR) is 66.5 cm³/mol. The zero-order valence-electron chi connectivity index (χ0n) is 11.1. The highest BCUT2D eigenvalue weighted by molar-refractivity contribution is 4.75. The lowest BCUT2D eigenvalue weighted by atomic mass is 9.73. The van der Waals surface area contributed by atoms with E-state index >= 15 is 0 Å². The lowest BCUT2D eigenvalue weighted by Crippen LogP contribution is -2.24. The van der Waals surface area contributed by atoms with Crippen molar-refractivity contribution in [2.24, 2.45) is 23.7 Å². The summed E-state index contributed by atoms with van der Waals surface area (Å²) in [7, 11) is 0. The third-order valence-corrected chi connectivity index (χ3v) is 3.51. The van der Waals surface area contributed by atoms with E-state index in [4.69, 9.17) is 0 Å². The monoisotopic (exact) mass is 198 g/mol. The fraction of sp³-hybridized carbons (Fsp3) is 1.00. The summed E-state index contributed by atoms with van der Waals surface area (Å²) in [5, 5.41) is 0. The smallest absolute Gasteiger partial charge is 0.0360 e. The SMILES string of the molecule is CCCC(C(C)C)C(CCC)C(C)C. The lowest BCUT2D eigenvalue weighted by Gasteiger charge is -2.33. The zero-order valence-corrected chi connectivity index (χ0v) is 11.1. The van der Waals surface area contributed by atoms with Crippen molar-refractivity contribution in [1.82, 2.24) is 0 Å². The van der Waals surface area contributed by atoms with Gasteiger partial charge in [-0.15, -0.1) is 0 Å². The summed E-state index contributed by atoms with van der Waals surface area (Å²) in [6, 6.07) is 0. The maximum absolute atomic E-state index is 2.39. The Bertz CT molecular complexity index is 108. The average molecular weight is 198 g/mol. The Kier molecular flexibility index (Phi) is 7.31. The van der Waals surface area contributed by atoms with E-state index in [1.54, 1.807) is 0 Å². The number of hydrogen-bond donors (Lipinski definition) is 0. The fourth-order valence-corrected chi connectivity index (χ4v) is 2.75. The predicted octanol–water partition coefficient (Wildman–Crippen LogP) is 5.13. The van der Waals surface area contributed by atoms with Crippen LogP contribution in [0.2, 0.25) is 0 Å². The molecule has 14 heavy (non-hydrogen) atoms. The topological polar surface area (TPSA) is 0 Å². The van der Waals surface area contributed by atoms with Crippen LogP contribution in [0.1, 0.15) is 67.2 Å². The van der Waals surface area contributed by atoms with E-state index in [0.717, 1.165) is 23.7 Å². The molecule has 0 nitrogen and oxygen atoms in total. The Labute approximate surface area is 91.5 Å². The molecule has 0 aliphatic heterocycles. The van der Waals surface area contributed by atoms with Gasteiger partial charge in [-0.2, -0.15) is 0 Å². The Hall–Kier alpha value is 0. The maximum atomic E-state index is 2.39. The van der Waals surface area contributed by atoms with E-state index < -0.39 is 0 Å². The average Bonchev–Trinajstić information content (AvgIpc) is 2.10. The van der Waals surface area contributed by atoms with E-state index in [-0.39, 0.29) is 0 Å². The van der Waals surface area contributed by atoms with Crippen molar-refractivity contribution in [3.63, 3.8) is 0 Å². The van der Waals surface area contributed by atoms with E-state index in [2.05, 4.69) is 41.5 Å². The summed E-state index contributed by atoms with van der Waals surface area (Å²) in [6.07, 6.45) is 5.52. The van der Waals surface area contributed by atoms with Gasteiger partial charge in [0.15, 0.2) is 0 Å². The van der Waals surface area contributed by atoms with E-state index in [1.807, 2.05) is 0 Å². The van der Waals surface area contributed by atoms with Crippen LogP contribution in [0, 0.1) is 23.7 Å². The standard InChI is InChI=1S/C14H30/c1-7-9-13(11(3)4)14(10-8-2)12(5)6/h11-14H,7-10H2,1-6H3. The molecule has 0 heterocycles. The molecule has 0 aromatic rings. The minimum atomic E-state index is 0.855. The normalized spacial score (nSPS) is 16.3. The highest BCUT2D eigenvalue weighted by Gasteiger charge is 2.25. The lowest BCUT2D eigenvalue weighted by molar-refractivity contribution is 0.171. The highest BCUT2D eigenvalue weighted by Crippen LogP contribution is 2.34. The van der Waals surface area contributed by atoms with Crippen LogP contribution in [-0.2, 0) is 0 Å². The first-order valence-corrected chi connectivity index (χ1v) is 6.54. The van der Waals surface area contributed by atoms with Gasteiger partial charge in [-0.1, -0.05) is 67.2 Å². The van der Waals surface area contributed by atoms with Gasteiger partial charge < -0.3 is 0 Å². The van der Waals surface area contributed by atoms with Crippen molar-refractivity contribution in [1.29, 1.82) is 0 Å². The molecule has 0 spiro atoms. The van der Waals surface area contributed by atoms with Gasteiger partial charge in [-0.25, -0.2) is 0 Å². The molecule has 0 N–H and O–H groups in total. The molecule has 2 unspecified atom stereocenters. The van der Waals surface area contributed by atoms with Crippen molar-refractivity contribution in [3.8, 4) is 0 Å². The van der Waals surface area contributed by atoms with Gasteiger partial charge in [-0.05, 0) is 23.7 Å². The zero-order chi connectivity index (χ0) is 11.1. The summed E-state index contributed by atoms with van der Waals surface area (Å²) in [5.74, 6) is 3.60. The van der Waals surface area contributed by atoms with Crippen LogP contribution in [-0.4, -0.2) is 0 Å². The third-order valence-electron chi connectivity index (χ3n) is 3.51. The van der Waals surface area contributed by atoms with Crippen LogP contribution in [0.25, 0.3) is 0 Å². The van der Waals surface area contributed by atoms with Gasteiger partial charge in [0, 0.05) is 0 Å². The first-order valence-electron chi connectivity index (χ1n) is 6.54. The molecule has 0 bridgehead atoms. The molecule has 0 aromatic heterocycles. The van der Waals surface area contributed by atoms with Crippen LogP contribution in [0.15, 0.2) is 0 Å². The Balaban J connectivity index is 4.37. The molecule has 86 valence electrons. The number of rotatable bonds is 7. The minimum absolute atomic E-state index is 0.855. The Morgan fingerprint density at radius 3 is 1.07 bits per heavy atom. The summed E-state index contributed by atoms with van der Waals surface area (Å²) < 4.78 is 0. The van der Waals surface area contributed by atoms with Gasteiger partial charge in [0.1, 0.15) is 0 Å². The first kappa shape index (κ1) is 14.0. The summed E-state index contributed by atoms with van der Waals surface area (Å²) in [6.45, 7) is 14.2. The van der Waals surface area contributed by atoms with Crippen LogP contribution in [0.3, 0.4) is 0 Å². The van der Waals surface area contributed by atoms with Crippen molar-refractivity contribution >= 4 is 0 Å². The Morgan fingerprint density at radius 1 is 0.643 bits per heavy atom. The summed E-state index contributed by atoms with van der Waals surface area (Å²) in [5.41, 5.74) is 0. The van der Waals surface area contributed by atoms with Crippen molar-refractivity contribution in [3.05, 3.63) is 0 Å². The second-order valence-electron chi connectivity index (χ2n) is 5.39. The molecule has 0 rings (SSSR count). The number of hydrogen-bond acceptors (Lipinski definition) is 0. The molecular formula is C14H30. The van der Waals surface area contributed by atoms with Crippen LogP contribution in [0.4, 0.5) is 0 Å². The summed E-state index contributed by atoms with van der Waals surface area (Å²) >= 11 is 0. The van der Waals surface area contributed by atoms with Gasteiger partial charge in [0.25, 0.3) is 0 Å². The summed E-state index contributed by atoms with van der Waals surface area (Å²) in [4.78, 5) is 0. The van der Waals surface area contributed by atoms with E-state index in [1.165, 1.54) is 25.7 Å². The minimum Gasteiger partial charge on any atom is -0.0654 e. The van der Waals surface area contributed by atoms with Crippen LogP contribution < -0.4 is 0 Å². The van der Waals surface area contributed by atoms with Crippen molar-refractivity contribution in [2.45, 2.75) is 67.2 Å². The second kappa shape index (κ2) is 7.31. The largest absolute Gasteiger partial charge is 0.0654 e. The van der Waals surface area contributed by atoms with Crippen molar-refractivity contribution < 1.29 is 0 Å². The van der Waals surface area contributed by atoms with E-state index in [0.29, 0.717) is 0 Å². The highest BCUT2D eigenvalue weighted by atomic mass is 14.3. The van der Waals surface area contributed by atoms with Crippen LogP contribution in [0.5, 0.6) is 0 Å². The third kappa shape index (κ3) is 4.48. The van der Waals surface area contributed by atoms with Gasteiger partial charge in [0.05, 0.1) is 0 Å². The molecule has 0 aromatic carbocycles. The molecule has 0 saturated heterocycles. The van der Waals surface area contributed by atoms with Gasteiger partial charge >= 0.3 is 0 Å². The van der Waals surface area contributed by atoms with Crippen LogP contribution >= 0.6 is 0 Å². The first-order chi connectivity index (χ1) is 6.54. The maximum Gasteiger partial charge on any atom is -0.0360 e. The molecule has 2 atom stereocenters. The molecule has 0 heteroatoms. The molecule has 0 radical (unpaired) electrons. The molecular weight excluding hydrogens is 168 g/mol. The molecule has 0 amide bonds. The molecule has 0 fully saturated rings. The van der Waals surface area contributed by atoms with Crippen molar-refractivity contribution in [2.75, 3.05) is 0 Å². The van der Waals surface area contributed by atoms with Gasteiger partial charge in [0.2, 0.25) is 0 Å². The van der Waals surface area contributed by atoms with E-state index in [9.17, 15) is 0 Å². The fourth-order valence-electron chi connectivity index (χ4n) is 2.75. The second-order valence-corrected chi connectivity index (χ2v) is 5.39. The quantitative estimate of drug-likeness (QED) is 0.532. The molecule has 0 saturated carbocycles.